The van der Waals surface area contributed by atoms with Gasteiger partial charge in [-0.05, 0) is 85.7 Å². The molecule has 0 radical (unpaired) electrons. The van der Waals surface area contributed by atoms with E-state index in [0.29, 0.717) is 18.9 Å². The molecule has 0 amide bonds. The molecule has 0 aliphatic carbocycles. The highest BCUT2D eigenvalue weighted by Gasteiger charge is 2.29. The molecule has 6 heteroatoms. The first-order valence-electron chi connectivity index (χ1n) is 12.2. The minimum atomic E-state index is -0.585. The van der Waals surface area contributed by atoms with Crippen LogP contribution in [0.1, 0.15) is 36.5 Å². The summed E-state index contributed by atoms with van der Waals surface area (Å²) in [6, 6.07) is 15.4. The Hall–Kier alpha value is -3.11. The molecule has 1 aromatic heterocycles. The topological polar surface area (TPSA) is 75.1 Å². The predicted molar refractivity (Wildman–Crippen MR) is 137 cm³/mol. The first kappa shape index (κ1) is 25.0. The number of aliphatic hydroxyl groups excluding tert-OH is 2. The Kier molecular flexibility index (Phi) is 8.59. The normalized spacial score (nSPS) is 19.1. The zero-order valence-corrected chi connectivity index (χ0v) is 20.5. The van der Waals surface area contributed by atoms with Crippen molar-refractivity contribution in [2.24, 2.45) is 11.8 Å². The smallest absolute Gasteiger partial charge is 0.120 e. The summed E-state index contributed by atoms with van der Waals surface area (Å²) in [5.41, 5.74) is 2.66. The molecule has 1 saturated heterocycles. The van der Waals surface area contributed by atoms with Crippen molar-refractivity contribution in [2.75, 3.05) is 40.5 Å². The highest BCUT2D eigenvalue weighted by Crippen LogP contribution is 2.33. The van der Waals surface area contributed by atoms with E-state index in [1.54, 1.807) is 20.4 Å². The molecule has 2 N–H and O–H groups in total. The second-order valence-corrected chi connectivity index (χ2v) is 9.14. The second-order valence-electron chi connectivity index (χ2n) is 9.14. The Labute approximate surface area is 207 Å². The fourth-order valence-corrected chi connectivity index (χ4v) is 4.93. The molecule has 1 aliphatic heterocycles. The van der Waals surface area contributed by atoms with Crippen LogP contribution in [-0.2, 0) is 0 Å². The van der Waals surface area contributed by atoms with Crippen molar-refractivity contribution in [1.82, 2.24) is 9.88 Å². The van der Waals surface area contributed by atoms with Crippen LogP contribution in [0, 0.1) is 23.7 Å². The maximum atomic E-state index is 11.0. The molecule has 3 aromatic rings. The molecule has 0 saturated carbocycles. The van der Waals surface area contributed by atoms with Crippen molar-refractivity contribution in [3.63, 3.8) is 0 Å². The Balaban J connectivity index is 1.33. The number of benzene rings is 2. The van der Waals surface area contributed by atoms with Crippen molar-refractivity contribution < 1.29 is 19.7 Å². The van der Waals surface area contributed by atoms with Crippen molar-refractivity contribution in [1.29, 1.82) is 0 Å². The second kappa shape index (κ2) is 12.0. The Morgan fingerprint density at radius 2 is 1.91 bits per heavy atom. The molecule has 0 bridgehead atoms. The lowest BCUT2D eigenvalue weighted by Gasteiger charge is -2.37. The molecule has 0 spiro atoms. The molecular weight excluding hydrogens is 440 g/mol. The number of methoxy groups -OCH3 is 2. The van der Waals surface area contributed by atoms with E-state index in [-0.39, 0.29) is 12.5 Å². The van der Waals surface area contributed by atoms with Crippen molar-refractivity contribution in [3.05, 3.63) is 65.9 Å². The quantitative estimate of drug-likeness (QED) is 0.480. The van der Waals surface area contributed by atoms with Gasteiger partial charge in [0.15, 0.2) is 0 Å². The van der Waals surface area contributed by atoms with Gasteiger partial charge in [-0.1, -0.05) is 17.9 Å². The summed E-state index contributed by atoms with van der Waals surface area (Å²) < 4.78 is 10.6. The third-order valence-electron chi connectivity index (χ3n) is 6.97. The average Bonchev–Trinajstić information content (AvgIpc) is 2.91. The van der Waals surface area contributed by atoms with E-state index in [1.807, 2.05) is 48.5 Å². The molecule has 4 rings (SSSR count). The van der Waals surface area contributed by atoms with E-state index in [9.17, 15) is 10.2 Å². The summed E-state index contributed by atoms with van der Waals surface area (Å²) in [6.45, 7) is 2.59. The number of hydrogen-bond acceptors (Lipinski definition) is 6. The fourth-order valence-electron chi connectivity index (χ4n) is 4.93. The summed E-state index contributed by atoms with van der Waals surface area (Å²) >= 11 is 0. The summed E-state index contributed by atoms with van der Waals surface area (Å²) in [5.74, 6) is 8.59. The monoisotopic (exact) mass is 474 g/mol. The van der Waals surface area contributed by atoms with E-state index >= 15 is 0 Å². The van der Waals surface area contributed by atoms with Crippen LogP contribution in [0.5, 0.6) is 11.5 Å². The van der Waals surface area contributed by atoms with Gasteiger partial charge >= 0.3 is 0 Å². The van der Waals surface area contributed by atoms with Gasteiger partial charge in [0.2, 0.25) is 0 Å². The molecule has 1 fully saturated rings. The number of aromatic nitrogens is 1. The molecule has 0 unspecified atom stereocenters. The highest BCUT2D eigenvalue weighted by atomic mass is 16.5. The summed E-state index contributed by atoms with van der Waals surface area (Å²) in [6.07, 6.45) is 3.66. The average molecular weight is 475 g/mol. The number of rotatable bonds is 8. The molecule has 1 aliphatic rings. The number of aliphatic hydroxyl groups is 2. The van der Waals surface area contributed by atoms with E-state index in [4.69, 9.17) is 9.47 Å². The Morgan fingerprint density at radius 3 is 2.71 bits per heavy atom. The van der Waals surface area contributed by atoms with E-state index < -0.39 is 6.10 Å². The van der Waals surface area contributed by atoms with Crippen molar-refractivity contribution in [2.45, 2.75) is 25.4 Å². The van der Waals surface area contributed by atoms with E-state index in [0.717, 1.165) is 59.5 Å². The predicted octanol–water partition coefficient (Wildman–Crippen LogP) is 4.05. The van der Waals surface area contributed by atoms with Gasteiger partial charge in [0.25, 0.3) is 0 Å². The van der Waals surface area contributed by atoms with Crippen LogP contribution in [0.2, 0.25) is 0 Å². The van der Waals surface area contributed by atoms with Gasteiger partial charge < -0.3 is 19.7 Å². The lowest BCUT2D eigenvalue weighted by molar-refractivity contribution is 0.0640. The first-order valence-corrected chi connectivity index (χ1v) is 12.2. The van der Waals surface area contributed by atoms with Gasteiger partial charge in [-0.25, -0.2) is 0 Å². The summed E-state index contributed by atoms with van der Waals surface area (Å²) in [5, 5.41) is 22.0. The van der Waals surface area contributed by atoms with Gasteiger partial charge in [0.05, 0.1) is 32.4 Å². The van der Waals surface area contributed by atoms with Crippen molar-refractivity contribution >= 4 is 10.9 Å². The van der Waals surface area contributed by atoms with Gasteiger partial charge in [-0.15, -0.1) is 0 Å². The van der Waals surface area contributed by atoms with Crippen LogP contribution in [0.4, 0.5) is 0 Å². The number of piperidine rings is 1. The molecule has 6 nitrogen and oxygen atoms in total. The maximum Gasteiger partial charge on any atom is 0.120 e. The fraction of sp³-hybridized carbons (Fsp3) is 0.414. The van der Waals surface area contributed by atoms with Gasteiger partial charge in [-0.2, -0.15) is 0 Å². The summed E-state index contributed by atoms with van der Waals surface area (Å²) in [4.78, 5) is 6.72. The third-order valence-corrected chi connectivity index (χ3v) is 6.97. The SMILES string of the molecule is COc1cccc(C#CCN2CC[C@@H](CC[C@@H](O)c3ccnc4ccc(OC)cc34)[C@@H](CO)C2)c1. The van der Waals surface area contributed by atoms with Gasteiger partial charge in [0.1, 0.15) is 11.5 Å². The molecule has 2 heterocycles. The number of ether oxygens (including phenoxy) is 2. The Morgan fingerprint density at radius 1 is 1.09 bits per heavy atom. The van der Waals surface area contributed by atoms with Crippen LogP contribution in [0.15, 0.2) is 54.7 Å². The number of fused-ring (bicyclic) bond motifs is 1. The Bertz CT molecular complexity index is 1190. The maximum absolute atomic E-state index is 11.0. The van der Waals surface area contributed by atoms with Crippen LogP contribution >= 0.6 is 0 Å². The number of likely N-dealkylation sites (tertiary alicyclic amines) is 1. The van der Waals surface area contributed by atoms with E-state index in [2.05, 4.69) is 21.7 Å². The minimum Gasteiger partial charge on any atom is -0.497 e. The number of nitrogens with zero attached hydrogens (tertiary/aromatic N) is 2. The first-order chi connectivity index (χ1) is 17.1. The van der Waals surface area contributed by atoms with Crippen molar-refractivity contribution in [3.8, 4) is 23.3 Å². The molecule has 35 heavy (non-hydrogen) atoms. The van der Waals surface area contributed by atoms with Crippen LogP contribution in [0.25, 0.3) is 10.9 Å². The number of pyridine rings is 1. The standard InChI is InChI=1S/C29H34N2O4/c1-34-24-7-3-5-21(17-24)6-4-15-31-16-13-22(23(19-31)20-32)8-11-29(33)26-12-14-30-28-10-9-25(35-2)18-27(26)28/h3,5,7,9-10,12,14,17-18,22-23,29,32-33H,8,11,13,15-16,19-20H2,1-2H3/t22-,23-,29-/m1/s1. The van der Waals surface area contributed by atoms with Crippen LogP contribution in [-0.4, -0.2) is 60.6 Å². The molecular formula is C29H34N2O4. The van der Waals surface area contributed by atoms with Gasteiger partial charge in [-0.3, -0.25) is 9.88 Å². The minimum absolute atomic E-state index is 0.149. The van der Waals surface area contributed by atoms with Gasteiger partial charge in [0, 0.05) is 30.3 Å². The summed E-state index contributed by atoms with van der Waals surface area (Å²) in [7, 11) is 3.29. The molecule has 2 aromatic carbocycles. The third kappa shape index (κ3) is 6.32. The van der Waals surface area contributed by atoms with Crippen LogP contribution < -0.4 is 9.47 Å². The number of hydrogen-bond donors (Lipinski definition) is 2. The largest absolute Gasteiger partial charge is 0.497 e. The molecule has 3 atom stereocenters. The van der Waals surface area contributed by atoms with Crippen LogP contribution in [0.3, 0.4) is 0 Å². The lowest BCUT2D eigenvalue weighted by atomic mass is 9.81. The lowest BCUT2D eigenvalue weighted by Crippen LogP contribution is -2.42. The zero-order chi connectivity index (χ0) is 24.6. The molecule has 184 valence electrons. The zero-order valence-electron chi connectivity index (χ0n) is 20.5. The highest BCUT2D eigenvalue weighted by molar-refractivity contribution is 5.83. The van der Waals surface area contributed by atoms with E-state index in [1.165, 1.54) is 0 Å².